The molecule has 1 aliphatic rings. The molecule has 1 saturated heterocycles. The van der Waals surface area contributed by atoms with Gasteiger partial charge in [0.05, 0.1) is 19.3 Å². The second-order valence-corrected chi connectivity index (χ2v) is 5.65. The van der Waals surface area contributed by atoms with Crippen molar-refractivity contribution in [3.8, 4) is 0 Å². The highest BCUT2D eigenvalue weighted by atomic mass is 32.1. The lowest BCUT2D eigenvalue weighted by atomic mass is 10.2. The molecule has 2 rings (SSSR count). The zero-order valence-corrected chi connectivity index (χ0v) is 12.3. The van der Waals surface area contributed by atoms with Gasteiger partial charge in [-0.15, -0.1) is 5.10 Å². The molecular weight excluding hydrogens is 264 g/mol. The van der Waals surface area contributed by atoms with E-state index in [-0.39, 0.29) is 12.7 Å². The van der Waals surface area contributed by atoms with E-state index < -0.39 is 0 Å². The second kappa shape index (κ2) is 7.14. The van der Waals surface area contributed by atoms with E-state index in [1.165, 1.54) is 11.5 Å². The van der Waals surface area contributed by atoms with Crippen molar-refractivity contribution in [1.82, 2.24) is 14.5 Å². The van der Waals surface area contributed by atoms with E-state index in [0.717, 1.165) is 36.8 Å². The number of rotatable bonds is 6. The zero-order chi connectivity index (χ0) is 13.7. The van der Waals surface area contributed by atoms with Crippen LogP contribution in [0.15, 0.2) is 0 Å². The molecule has 7 heteroatoms. The highest BCUT2D eigenvalue weighted by Gasteiger charge is 2.27. The first-order chi connectivity index (χ1) is 9.24. The Balaban J connectivity index is 1.97. The standard InChI is InChI=1S/C12H22N4O2S/c1-3-4-13-12-11(14-15-19-12)6-16-5-10(7-17)18-8-9(16)2/h9-10,13,17H,3-8H2,1-2H3. The number of hydrogen-bond acceptors (Lipinski definition) is 7. The lowest BCUT2D eigenvalue weighted by Crippen LogP contribution is -2.48. The van der Waals surface area contributed by atoms with Gasteiger partial charge in [0.15, 0.2) is 0 Å². The molecule has 0 aliphatic carbocycles. The summed E-state index contributed by atoms with van der Waals surface area (Å²) >= 11 is 1.41. The maximum absolute atomic E-state index is 9.20. The molecule has 0 radical (unpaired) electrons. The van der Waals surface area contributed by atoms with E-state index in [9.17, 15) is 5.11 Å². The van der Waals surface area contributed by atoms with Gasteiger partial charge in [-0.2, -0.15) is 0 Å². The van der Waals surface area contributed by atoms with Crippen LogP contribution < -0.4 is 5.32 Å². The molecule has 2 atom stereocenters. The third-order valence-corrected chi connectivity index (χ3v) is 4.01. The summed E-state index contributed by atoms with van der Waals surface area (Å²) in [6.07, 6.45) is 0.993. The second-order valence-electron chi connectivity index (χ2n) is 4.89. The maximum atomic E-state index is 9.20. The fraction of sp³-hybridized carbons (Fsp3) is 0.833. The van der Waals surface area contributed by atoms with Gasteiger partial charge in [-0.3, -0.25) is 4.90 Å². The summed E-state index contributed by atoms with van der Waals surface area (Å²) in [7, 11) is 0. The van der Waals surface area contributed by atoms with Crippen LogP contribution in [0.3, 0.4) is 0 Å². The van der Waals surface area contributed by atoms with E-state index in [2.05, 4.69) is 33.7 Å². The Morgan fingerprint density at radius 1 is 1.58 bits per heavy atom. The monoisotopic (exact) mass is 286 g/mol. The number of morpholine rings is 1. The molecule has 0 amide bonds. The van der Waals surface area contributed by atoms with Crippen molar-refractivity contribution < 1.29 is 9.84 Å². The van der Waals surface area contributed by atoms with E-state index in [1.54, 1.807) is 0 Å². The minimum Gasteiger partial charge on any atom is -0.394 e. The molecule has 0 bridgehead atoms. The molecule has 1 aromatic rings. The number of ether oxygens (including phenoxy) is 1. The minimum atomic E-state index is -0.0881. The van der Waals surface area contributed by atoms with Crippen LogP contribution in [0.1, 0.15) is 26.0 Å². The highest BCUT2D eigenvalue weighted by Crippen LogP contribution is 2.22. The fourth-order valence-corrected chi connectivity index (χ4v) is 2.68. The normalized spacial score (nSPS) is 24.6. The lowest BCUT2D eigenvalue weighted by molar-refractivity contribution is -0.0808. The summed E-state index contributed by atoms with van der Waals surface area (Å²) in [5.41, 5.74) is 0.990. The molecule has 0 saturated carbocycles. The zero-order valence-electron chi connectivity index (χ0n) is 11.5. The van der Waals surface area contributed by atoms with Gasteiger partial charge in [0.1, 0.15) is 10.7 Å². The first kappa shape index (κ1) is 14.6. The van der Waals surface area contributed by atoms with Crippen molar-refractivity contribution in [1.29, 1.82) is 0 Å². The number of nitrogens with one attached hydrogen (secondary N) is 1. The Morgan fingerprint density at radius 3 is 3.16 bits per heavy atom. The average Bonchev–Trinajstić information content (AvgIpc) is 2.86. The Labute approximate surface area is 117 Å². The summed E-state index contributed by atoms with van der Waals surface area (Å²) in [4.78, 5) is 2.29. The van der Waals surface area contributed by atoms with Crippen LogP contribution in [-0.2, 0) is 11.3 Å². The van der Waals surface area contributed by atoms with Crippen LogP contribution in [0.5, 0.6) is 0 Å². The van der Waals surface area contributed by atoms with E-state index in [1.807, 2.05) is 0 Å². The van der Waals surface area contributed by atoms with Crippen molar-refractivity contribution in [2.45, 2.75) is 39.0 Å². The number of hydrogen-bond donors (Lipinski definition) is 2. The van der Waals surface area contributed by atoms with Crippen LogP contribution in [0, 0.1) is 0 Å². The summed E-state index contributed by atoms with van der Waals surface area (Å²) in [6.45, 7) is 7.42. The van der Waals surface area contributed by atoms with Crippen molar-refractivity contribution in [2.24, 2.45) is 0 Å². The van der Waals surface area contributed by atoms with Gasteiger partial charge < -0.3 is 15.2 Å². The molecule has 0 spiro atoms. The minimum absolute atomic E-state index is 0.0689. The molecule has 2 heterocycles. The van der Waals surface area contributed by atoms with Gasteiger partial charge in [-0.1, -0.05) is 11.4 Å². The van der Waals surface area contributed by atoms with Crippen LogP contribution in [-0.4, -0.2) is 58.0 Å². The smallest absolute Gasteiger partial charge is 0.134 e. The largest absolute Gasteiger partial charge is 0.394 e. The Hall–Kier alpha value is -0.760. The number of anilines is 1. The van der Waals surface area contributed by atoms with Crippen LogP contribution in [0.4, 0.5) is 5.00 Å². The summed E-state index contributed by atoms with van der Waals surface area (Å²) in [6, 6.07) is 0.337. The van der Waals surface area contributed by atoms with Gasteiger partial charge in [0, 0.05) is 37.2 Å². The molecule has 19 heavy (non-hydrogen) atoms. The first-order valence-electron chi connectivity index (χ1n) is 6.76. The topological polar surface area (TPSA) is 70.5 Å². The molecule has 2 unspecified atom stereocenters. The third-order valence-electron chi connectivity index (χ3n) is 3.28. The predicted molar refractivity (Wildman–Crippen MR) is 75.4 cm³/mol. The average molecular weight is 286 g/mol. The molecule has 108 valence electrons. The highest BCUT2D eigenvalue weighted by molar-refractivity contribution is 7.10. The molecular formula is C12H22N4O2S. The molecule has 1 aromatic heterocycles. The van der Waals surface area contributed by atoms with E-state index >= 15 is 0 Å². The number of aromatic nitrogens is 2. The van der Waals surface area contributed by atoms with Crippen LogP contribution in [0.2, 0.25) is 0 Å². The van der Waals surface area contributed by atoms with Gasteiger partial charge in [0.25, 0.3) is 0 Å². The van der Waals surface area contributed by atoms with E-state index in [4.69, 9.17) is 4.74 Å². The predicted octanol–water partition coefficient (Wildman–Crippen LogP) is 0.942. The lowest BCUT2D eigenvalue weighted by Gasteiger charge is -2.37. The molecule has 2 N–H and O–H groups in total. The molecule has 1 fully saturated rings. The van der Waals surface area contributed by atoms with Crippen molar-refractivity contribution in [2.75, 3.05) is 31.6 Å². The Kier molecular flexibility index (Phi) is 5.50. The van der Waals surface area contributed by atoms with Gasteiger partial charge in [0.2, 0.25) is 0 Å². The Bertz CT molecular complexity index is 388. The molecule has 6 nitrogen and oxygen atoms in total. The van der Waals surface area contributed by atoms with Crippen LogP contribution in [0.25, 0.3) is 0 Å². The van der Waals surface area contributed by atoms with Crippen LogP contribution >= 0.6 is 11.5 Å². The van der Waals surface area contributed by atoms with Gasteiger partial charge >= 0.3 is 0 Å². The summed E-state index contributed by atoms with van der Waals surface area (Å²) in [5, 5.41) is 17.8. The number of nitrogens with zero attached hydrogens (tertiary/aromatic N) is 3. The number of aliphatic hydroxyl groups excluding tert-OH is 1. The van der Waals surface area contributed by atoms with Crippen molar-refractivity contribution in [3.63, 3.8) is 0 Å². The van der Waals surface area contributed by atoms with Gasteiger partial charge in [-0.25, -0.2) is 0 Å². The molecule has 0 aromatic carbocycles. The van der Waals surface area contributed by atoms with Crippen molar-refractivity contribution >= 4 is 16.5 Å². The van der Waals surface area contributed by atoms with Gasteiger partial charge in [-0.05, 0) is 13.3 Å². The third kappa shape index (κ3) is 3.85. The summed E-state index contributed by atoms with van der Waals surface area (Å²) in [5.74, 6) is 0. The van der Waals surface area contributed by atoms with E-state index in [0.29, 0.717) is 12.6 Å². The quantitative estimate of drug-likeness (QED) is 0.811. The Morgan fingerprint density at radius 2 is 2.42 bits per heavy atom. The maximum Gasteiger partial charge on any atom is 0.134 e. The number of aliphatic hydroxyl groups is 1. The summed E-state index contributed by atoms with van der Waals surface area (Å²) < 4.78 is 9.57. The van der Waals surface area contributed by atoms with Crippen molar-refractivity contribution in [3.05, 3.63) is 5.69 Å². The SMILES string of the molecule is CCCNc1snnc1CN1CC(CO)OCC1C. The molecule has 1 aliphatic heterocycles. The first-order valence-corrected chi connectivity index (χ1v) is 7.53. The fourth-order valence-electron chi connectivity index (χ4n) is 2.08.